The van der Waals surface area contributed by atoms with Gasteiger partial charge in [-0.3, -0.25) is 4.90 Å². The summed E-state index contributed by atoms with van der Waals surface area (Å²) in [5, 5.41) is 1.26. The number of hydrogen-bond donors (Lipinski definition) is 1. The van der Waals surface area contributed by atoms with Crippen molar-refractivity contribution in [2.45, 2.75) is 25.3 Å². The molecule has 1 aliphatic heterocycles. The summed E-state index contributed by atoms with van der Waals surface area (Å²) >= 11 is 2.37. The Kier molecular flexibility index (Phi) is 4.35. The fourth-order valence-electron chi connectivity index (χ4n) is 3.54. The second kappa shape index (κ2) is 6.61. The summed E-state index contributed by atoms with van der Waals surface area (Å²) in [5.41, 5.74) is 3.86. The Bertz CT molecular complexity index is 786. The van der Waals surface area contributed by atoms with Crippen LogP contribution in [-0.4, -0.2) is 28.0 Å². The van der Waals surface area contributed by atoms with Gasteiger partial charge in [0.05, 0.1) is 0 Å². The number of H-pyrrole nitrogens is 1. The summed E-state index contributed by atoms with van der Waals surface area (Å²) in [6.07, 6.45) is 6.46. The van der Waals surface area contributed by atoms with E-state index in [4.69, 9.17) is 0 Å². The molecule has 4 rings (SSSR count). The van der Waals surface area contributed by atoms with Crippen molar-refractivity contribution in [3.63, 3.8) is 0 Å². The summed E-state index contributed by atoms with van der Waals surface area (Å²) in [7, 11) is 0. The number of likely N-dealkylation sites (tertiary alicyclic amines) is 1. The van der Waals surface area contributed by atoms with Crippen LogP contribution >= 0.6 is 22.6 Å². The fourth-order valence-corrected chi connectivity index (χ4v) is 3.90. The van der Waals surface area contributed by atoms with Crippen molar-refractivity contribution < 1.29 is 0 Å². The Balaban J connectivity index is 1.41. The van der Waals surface area contributed by atoms with Gasteiger partial charge in [-0.25, -0.2) is 4.98 Å². The fraction of sp³-hybridized carbons (Fsp3) is 0.316. The molecule has 1 saturated heterocycles. The molecule has 118 valence electrons. The van der Waals surface area contributed by atoms with Gasteiger partial charge in [0.1, 0.15) is 5.65 Å². The maximum absolute atomic E-state index is 4.38. The number of aromatic amines is 1. The second-order valence-corrected chi connectivity index (χ2v) is 7.56. The van der Waals surface area contributed by atoms with Crippen LogP contribution in [0.5, 0.6) is 0 Å². The molecule has 0 bridgehead atoms. The van der Waals surface area contributed by atoms with Crippen LogP contribution in [0.3, 0.4) is 0 Å². The number of benzene rings is 1. The molecule has 1 fully saturated rings. The molecule has 0 saturated carbocycles. The zero-order valence-corrected chi connectivity index (χ0v) is 15.2. The summed E-state index contributed by atoms with van der Waals surface area (Å²) < 4.78 is 1.32. The highest BCUT2D eigenvalue weighted by atomic mass is 127. The van der Waals surface area contributed by atoms with Crippen molar-refractivity contribution in [3.05, 3.63) is 63.5 Å². The smallest absolute Gasteiger partial charge is 0.137 e. The number of hydrogen-bond acceptors (Lipinski definition) is 2. The third-order valence-electron chi connectivity index (χ3n) is 4.86. The summed E-state index contributed by atoms with van der Waals surface area (Å²) in [6, 6.07) is 13.2. The number of aromatic nitrogens is 2. The van der Waals surface area contributed by atoms with Crippen molar-refractivity contribution in [1.82, 2.24) is 14.9 Å². The Morgan fingerprint density at radius 2 is 1.91 bits per heavy atom. The third kappa shape index (κ3) is 3.28. The van der Waals surface area contributed by atoms with Crippen LogP contribution in [0.25, 0.3) is 11.0 Å². The SMILES string of the molecule is Ic1ccc(C2CCN(Cc3c[nH]c4ncccc34)CC2)cc1. The first kappa shape index (κ1) is 15.1. The summed E-state index contributed by atoms with van der Waals surface area (Å²) in [4.78, 5) is 10.2. The zero-order chi connectivity index (χ0) is 15.6. The highest BCUT2D eigenvalue weighted by molar-refractivity contribution is 14.1. The van der Waals surface area contributed by atoms with E-state index in [-0.39, 0.29) is 0 Å². The van der Waals surface area contributed by atoms with Crippen molar-refractivity contribution in [3.8, 4) is 0 Å². The van der Waals surface area contributed by atoms with Gasteiger partial charge in [-0.15, -0.1) is 0 Å². The highest BCUT2D eigenvalue weighted by Gasteiger charge is 2.21. The number of pyridine rings is 1. The van der Waals surface area contributed by atoms with Gasteiger partial charge in [0, 0.05) is 27.9 Å². The van der Waals surface area contributed by atoms with Crippen LogP contribution in [0.1, 0.15) is 29.9 Å². The molecule has 2 aromatic heterocycles. The maximum atomic E-state index is 4.38. The van der Waals surface area contributed by atoms with Crippen molar-refractivity contribution >= 4 is 33.6 Å². The molecule has 0 radical (unpaired) electrons. The molecule has 1 N–H and O–H groups in total. The van der Waals surface area contributed by atoms with Gasteiger partial charge in [0.25, 0.3) is 0 Å². The maximum Gasteiger partial charge on any atom is 0.137 e. The molecule has 0 atom stereocenters. The van der Waals surface area contributed by atoms with Gasteiger partial charge < -0.3 is 4.98 Å². The van der Waals surface area contributed by atoms with E-state index in [1.54, 1.807) is 0 Å². The minimum absolute atomic E-state index is 0.716. The number of halogens is 1. The van der Waals surface area contributed by atoms with E-state index in [9.17, 15) is 0 Å². The normalized spacial score (nSPS) is 16.9. The first-order chi connectivity index (χ1) is 11.3. The van der Waals surface area contributed by atoms with Gasteiger partial charge >= 0.3 is 0 Å². The summed E-state index contributed by atoms with van der Waals surface area (Å²) in [6.45, 7) is 3.36. The average Bonchev–Trinajstić information content (AvgIpc) is 3.00. The number of piperidine rings is 1. The lowest BCUT2D eigenvalue weighted by molar-refractivity contribution is 0.205. The Morgan fingerprint density at radius 3 is 2.70 bits per heavy atom. The molecule has 3 aromatic rings. The molecule has 3 heterocycles. The van der Waals surface area contributed by atoms with Crippen LogP contribution in [0, 0.1) is 3.57 Å². The Hall–Kier alpha value is -1.40. The predicted molar refractivity (Wildman–Crippen MR) is 103 cm³/mol. The van der Waals surface area contributed by atoms with Crippen LogP contribution in [-0.2, 0) is 6.54 Å². The minimum Gasteiger partial charge on any atom is -0.346 e. The lowest BCUT2D eigenvalue weighted by Gasteiger charge is -2.32. The Labute approximate surface area is 150 Å². The van der Waals surface area contributed by atoms with E-state index in [0.717, 1.165) is 12.2 Å². The number of nitrogens with one attached hydrogen (secondary N) is 1. The van der Waals surface area contributed by atoms with Gasteiger partial charge in [-0.2, -0.15) is 0 Å². The van der Waals surface area contributed by atoms with E-state index in [1.165, 1.54) is 46.0 Å². The number of fused-ring (bicyclic) bond motifs is 1. The molecule has 0 spiro atoms. The molecule has 0 amide bonds. The first-order valence-corrected chi connectivity index (χ1v) is 9.26. The van der Waals surface area contributed by atoms with E-state index >= 15 is 0 Å². The minimum atomic E-state index is 0.716. The number of rotatable bonds is 3. The van der Waals surface area contributed by atoms with Crippen LogP contribution in [0.2, 0.25) is 0 Å². The molecule has 23 heavy (non-hydrogen) atoms. The van der Waals surface area contributed by atoms with Crippen LogP contribution in [0.15, 0.2) is 48.8 Å². The van der Waals surface area contributed by atoms with Crippen molar-refractivity contribution in [2.75, 3.05) is 13.1 Å². The molecule has 0 unspecified atom stereocenters. The predicted octanol–water partition coefficient (Wildman–Crippen LogP) is 4.55. The standard InChI is InChI=1S/C19H20IN3/c20-17-5-3-14(4-6-17)15-7-10-23(11-8-15)13-16-12-22-19-18(16)2-1-9-21-19/h1-6,9,12,15H,7-8,10-11,13H2,(H,21,22). The molecule has 4 heteroatoms. The number of nitrogens with zero attached hydrogens (tertiary/aromatic N) is 2. The van der Waals surface area contributed by atoms with E-state index < -0.39 is 0 Å². The largest absolute Gasteiger partial charge is 0.346 e. The van der Waals surface area contributed by atoms with Crippen LogP contribution in [0.4, 0.5) is 0 Å². The van der Waals surface area contributed by atoms with Crippen LogP contribution < -0.4 is 0 Å². The Morgan fingerprint density at radius 1 is 1.13 bits per heavy atom. The molecular formula is C19H20IN3. The first-order valence-electron chi connectivity index (χ1n) is 8.18. The molecular weight excluding hydrogens is 397 g/mol. The molecule has 3 nitrogen and oxygen atoms in total. The van der Waals surface area contributed by atoms with E-state index in [1.807, 2.05) is 12.3 Å². The van der Waals surface area contributed by atoms with Crippen molar-refractivity contribution in [1.29, 1.82) is 0 Å². The highest BCUT2D eigenvalue weighted by Crippen LogP contribution is 2.29. The van der Waals surface area contributed by atoms with E-state index in [2.05, 4.69) is 74.0 Å². The van der Waals surface area contributed by atoms with Crippen molar-refractivity contribution in [2.24, 2.45) is 0 Å². The average molecular weight is 417 g/mol. The molecule has 0 aliphatic carbocycles. The van der Waals surface area contributed by atoms with E-state index in [0.29, 0.717) is 5.92 Å². The second-order valence-electron chi connectivity index (χ2n) is 6.32. The summed E-state index contributed by atoms with van der Waals surface area (Å²) in [5.74, 6) is 0.716. The van der Waals surface area contributed by atoms with Gasteiger partial charge in [0.15, 0.2) is 0 Å². The lowest BCUT2D eigenvalue weighted by Crippen LogP contribution is -2.32. The zero-order valence-electron chi connectivity index (χ0n) is 13.0. The molecule has 1 aliphatic rings. The third-order valence-corrected chi connectivity index (χ3v) is 5.58. The quantitative estimate of drug-likeness (QED) is 0.635. The van der Waals surface area contributed by atoms with Gasteiger partial charge in [-0.1, -0.05) is 12.1 Å². The monoisotopic (exact) mass is 417 g/mol. The van der Waals surface area contributed by atoms with Gasteiger partial charge in [0.2, 0.25) is 0 Å². The topological polar surface area (TPSA) is 31.9 Å². The molecule has 1 aromatic carbocycles. The lowest BCUT2D eigenvalue weighted by atomic mass is 9.89. The van der Waals surface area contributed by atoms with Gasteiger partial charge in [-0.05, 0) is 89.8 Å².